The van der Waals surface area contributed by atoms with Crippen molar-refractivity contribution in [3.63, 3.8) is 0 Å². The number of Topliss-reactive ketones (excluding diaryl/α,β-unsaturated/α-hetero) is 1. The Morgan fingerprint density at radius 1 is 1.26 bits per heavy atom. The lowest BCUT2D eigenvalue weighted by atomic mass is 9.92. The molecule has 0 unspecified atom stereocenters. The number of ketones is 1. The summed E-state index contributed by atoms with van der Waals surface area (Å²) >= 11 is 2.81. The first-order chi connectivity index (χ1) is 16.2. The summed E-state index contributed by atoms with van der Waals surface area (Å²) in [6, 6.07) is 0. The fourth-order valence-corrected chi connectivity index (χ4v) is 6.23. The number of nitrogens with zero attached hydrogens (tertiary/aromatic N) is 3. The van der Waals surface area contributed by atoms with Crippen LogP contribution in [0.3, 0.4) is 0 Å². The topological polar surface area (TPSA) is 64.6 Å². The zero-order valence-corrected chi connectivity index (χ0v) is 20.9. The van der Waals surface area contributed by atoms with Crippen LogP contribution in [0, 0.1) is 12.8 Å². The monoisotopic (exact) mass is 517 g/mol. The first kappa shape index (κ1) is 25.5. The van der Waals surface area contributed by atoms with Gasteiger partial charge in [-0.3, -0.25) is 4.79 Å². The molecular formula is C23H30F3N3O3S2. The van der Waals surface area contributed by atoms with E-state index in [1.54, 1.807) is 17.5 Å². The van der Waals surface area contributed by atoms with Gasteiger partial charge in [0.15, 0.2) is 6.61 Å². The van der Waals surface area contributed by atoms with Crippen LogP contribution in [0.5, 0.6) is 5.19 Å². The zero-order valence-electron chi connectivity index (χ0n) is 19.2. The Labute approximate surface area is 205 Å². The lowest BCUT2D eigenvalue weighted by Crippen LogP contribution is -2.33. The van der Waals surface area contributed by atoms with Crippen LogP contribution in [0.2, 0.25) is 0 Å². The van der Waals surface area contributed by atoms with Gasteiger partial charge in [0.25, 0.3) is 5.19 Å². The lowest BCUT2D eigenvalue weighted by Gasteiger charge is -2.30. The molecule has 34 heavy (non-hydrogen) atoms. The van der Waals surface area contributed by atoms with Gasteiger partial charge in [0.1, 0.15) is 5.78 Å². The minimum Gasteiger partial charge on any atom is -0.460 e. The highest BCUT2D eigenvalue weighted by atomic mass is 32.1. The minimum atomic E-state index is -4.35. The third kappa shape index (κ3) is 7.73. The number of aryl methyl sites for hydroxylation is 1. The number of alkyl halides is 3. The molecule has 11 heteroatoms. The molecule has 2 atom stereocenters. The molecule has 2 aliphatic heterocycles. The number of thiazole rings is 2. The molecule has 1 saturated heterocycles. The highest BCUT2D eigenvalue weighted by Crippen LogP contribution is 2.30. The summed E-state index contributed by atoms with van der Waals surface area (Å²) in [4.78, 5) is 25.3. The van der Waals surface area contributed by atoms with E-state index in [9.17, 15) is 18.0 Å². The van der Waals surface area contributed by atoms with Crippen LogP contribution < -0.4 is 4.74 Å². The van der Waals surface area contributed by atoms with Crippen molar-refractivity contribution in [3.05, 3.63) is 26.7 Å². The quantitative estimate of drug-likeness (QED) is 0.483. The van der Waals surface area contributed by atoms with Crippen LogP contribution in [0.1, 0.15) is 46.1 Å². The predicted octanol–water partition coefficient (Wildman–Crippen LogP) is 4.64. The fraction of sp³-hybridized carbons (Fsp3) is 0.696. The van der Waals surface area contributed by atoms with E-state index in [1.807, 2.05) is 6.92 Å². The van der Waals surface area contributed by atoms with E-state index >= 15 is 0 Å². The standard InChI is InChI=1S/C23H30F3N3O3S2/c1-15-27-12-19(33-15)11-17(30)10-16-2-3-18(31-13-16)4-7-29-8-5-20-21(6-9-29)34-22(28-20)32-14-23(24,25)26/h12,16,18H,2-11,13-14H2,1H3/t16-,18-/m1/s1. The van der Waals surface area contributed by atoms with Gasteiger partial charge >= 0.3 is 6.18 Å². The van der Waals surface area contributed by atoms with E-state index in [0.29, 0.717) is 25.4 Å². The van der Waals surface area contributed by atoms with Gasteiger partial charge in [-0.15, -0.1) is 11.3 Å². The number of ether oxygens (including phenoxy) is 2. The largest absolute Gasteiger partial charge is 0.460 e. The predicted molar refractivity (Wildman–Crippen MR) is 125 cm³/mol. The van der Waals surface area contributed by atoms with Gasteiger partial charge in [-0.25, -0.2) is 9.97 Å². The molecule has 4 heterocycles. The van der Waals surface area contributed by atoms with Crippen LogP contribution in [-0.4, -0.2) is 65.8 Å². The molecule has 0 spiro atoms. The second kappa shape index (κ2) is 11.5. The van der Waals surface area contributed by atoms with Crippen LogP contribution in [-0.2, 0) is 28.8 Å². The van der Waals surface area contributed by atoms with Crippen LogP contribution in [0.15, 0.2) is 6.20 Å². The molecule has 188 valence electrons. The molecule has 0 radical (unpaired) electrons. The number of halogens is 3. The summed E-state index contributed by atoms with van der Waals surface area (Å²) in [6.07, 6.45) is 3.13. The molecule has 0 aromatic carbocycles. The third-order valence-electron chi connectivity index (χ3n) is 6.23. The Balaban J connectivity index is 1.13. The van der Waals surface area contributed by atoms with Crippen LogP contribution >= 0.6 is 22.7 Å². The number of aromatic nitrogens is 2. The molecule has 1 fully saturated rings. The van der Waals surface area contributed by atoms with Gasteiger partial charge in [0, 0.05) is 54.8 Å². The third-order valence-corrected chi connectivity index (χ3v) is 8.21. The maximum absolute atomic E-state index is 12.4. The van der Waals surface area contributed by atoms with Crippen molar-refractivity contribution >= 4 is 28.5 Å². The summed E-state index contributed by atoms with van der Waals surface area (Å²) < 4.78 is 48.0. The van der Waals surface area contributed by atoms with Gasteiger partial charge in [0.05, 0.1) is 23.4 Å². The summed E-state index contributed by atoms with van der Waals surface area (Å²) in [5.41, 5.74) is 0.861. The average molecular weight is 518 g/mol. The molecule has 2 aliphatic rings. The van der Waals surface area contributed by atoms with Crippen molar-refractivity contribution in [2.24, 2.45) is 5.92 Å². The minimum absolute atomic E-state index is 0.113. The van der Waals surface area contributed by atoms with E-state index < -0.39 is 12.8 Å². The van der Waals surface area contributed by atoms with E-state index in [0.717, 1.165) is 72.2 Å². The summed E-state index contributed by atoms with van der Waals surface area (Å²) in [6.45, 7) is 3.90. The smallest absolute Gasteiger partial charge is 0.422 e. The summed E-state index contributed by atoms with van der Waals surface area (Å²) in [7, 11) is 0. The van der Waals surface area contributed by atoms with Crippen LogP contribution in [0.4, 0.5) is 13.2 Å². The molecular weight excluding hydrogens is 487 g/mol. The normalized spacial score (nSPS) is 21.8. The number of carbonyl (C=O) groups is 1. The van der Waals surface area contributed by atoms with Crippen LogP contribution in [0.25, 0.3) is 0 Å². The Morgan fingerprint density at radius 3 is 2.79 bits per heavy atom. The molecule has 2 aromatic heterocycles. The molecule has 0 bridgehead atoms. The number of carbonyl (C=O) groups excluding carboxylic acids is 1. The Kier molecular flexibility index (Phi) is 8.60. The maximum atomic E-state index is 12.4. The average Bonchev–Trinajstić information content (AvgIpc) is 3.32. The molecule has 0 N–H and O–H groups in total. The number of fused-ring (bicyclic) bond motifs is 1. The van der Waals surface area contributed by atoms with Crippen molar-refractivity contribution in [2.45, 2.75) is 64.1 Å². The Hall–Kier alpha value is -1.56. The summed E-state index contributed by atoms with van der Waals surface area (Å²) in [5, 5.41) is 1.10. The molecule has 0 saturated carbocycles. The van der Waals surface area contributed by atoms with Crippen molar-refractivity contribution in [1.29, 1.82) is 0 Å². The van der Waals surface area contributed by atoms with Crippen molar-refractivity contribution in [2.75, 3.05) is 32.8 Å². The Bertz CT molecular complexity index is 929. The number of rotatable bonds is 9. The van der Waals surface area contributed by atoms with Gasteiger partial charge in [-0.1, -0.05) is 11.3 Å². The van der Waals surface area contributed by atoms with Gasteiger partial charge in [-0.05, 0) is 38.5 Å². The summed E-state index contributed by atoms with van der Waals surface area (Å²) in [5.74, 6) is 0.556. The molecule has 2 aromatic rings. The molecule has 6 nitrogen and oxygen atoms in total. The maximum Gasteiger partial charge on any atom is 0.422 e. The highest BCUT2D eigenvalue weighted by molar-refractivity contribution is 7.13. The number of hydrogen-bond acceptors (Lipinski definition) is 8. The van der Waals surface area contributed by atoms with E-state index in [4.69, 9.17) is 9.47 Å². The van der Waals surface area contributed by atoms with Gasteiger partial charge < -0.3 is 14.4 Å². The lowest BCUT2D eigenvalue weighted by molar-refractivity contribution is -0.153. The van der Waals surface area contributed by atoms with Gasteiger partial charge in [-0.2, -0.15) is 13.2 Å². The molecule has 0 amide bonds. The van der Waals surface area contributed by atoms with E-state index in [2.05, 4.69) is 14.9 Å². The molecule has 4 rings (SSSR count). The highest BCUT2D eigenvalue weighted by Gasteiger charge is 2.30. The Morgan fingerprint density at radius 2 is 2.09 bits per heavy atom. The van der Waals surface area contributed by atoms with E-state index in [-0.39, 0.29) is 17.1 Å². The zero-order chi connectivity index (χ0) is 24.1. The van der Waals surface area contributed by atoms with Crippen molar-refractivity contribution < 1.29 is 27.4 Å². The fourth-order valence-electron chi connectivity index (χ4n) is 4.47. The van der Waals surface area contributed by atoms with Crippen molar-refractivity contribution in [3.8, 4) is 5.19 Å². The second-order valence-electron chi connectivity index (χ2n) is 9.05. The van der Waals surface area contributed by atoms with Gasteiger partial charge in [0.2, 0.25) is 0 Å². The second-order valence-corrected chi connectivity index (χ2v) is 11.4. The molecule has 0 aliphatic carbocycles. The first-order valence-electron chi connectivity index (χ1n) is 11.7. The number of hydrogen-bond donors (Lipinski definition) is 0. The first-order valence-corrected chi connectivity index (χ1v) is 13.3. The SMILES string of the molecule is Cc1ncc(CC(=O)C[C@H]2CC[C@H](CCN3CCc4nc(OCC(F)(F)F)sc4CC3)OC2)s1. The van der Waals surface area contributed by atoms with E-state index in [1.165, 1.54) is 11.3 Å². The van der Waals surface area contributed by atoms with Crippen molar-refractivity contribution in [1.82, 2.24) is 14.9 Å².